The average Bonchev–Trinajstić information content (AvgIpc) is 2.56. The normalized spacial score (nSPS) is 21.5. The third kappa shape index (κ3) is 3.14. The van der Waals surface area contributed by atoms with Crippen molar-refractivity contribution >= 4 is 0 Å². The molecule has 1 fully saturated rings. The maximum absolute atomic E-state index is 5.74. The Balaban J connectivity index is 2.16. The van der Waals surface area contributed by atoms with Crippen molar-refractivity contribution in [2.75, 3.05) is 6.54 Å². The molecule has 1 atom stereocenters. The first-order valence-corrected chi connectivity index (χ1v) is 5.56. The lowest BCUT2D eigenvalue weighted by Crippen LogP contribution is -2.17. The molecule has 0 radical (unpaired) electrons. The molecule has 1 aliphatic carbocycles. The molecule has 0 spiro atoms. The van der Waals surface area contributed by atoms with E-state index in [1.54, 1.807) is 0 Å². The number of rotatable bonds is 5. The molecule has 1 heteroatoms. The van der Waals surface area contributed by atoms with Crippen LogP contribution in [0.5, 0.6) is 0 Å². The van der Waals surface area contributed by atoms with Crippen molar-refractivity contribution in [2.45, 2.75) is 51.9 Å². The minimum Gasteiger partial charge on any atom is -0.330 e. The van der Waals surface area contributed by atoms with Crippen molar-refractivity contribution < 1.29 is 0 Å². The molecule has 1 rings (SSSR count). The van der Waals surface area contributed by atoms with Crippen molar-refractivity contribution in [2.24, 2.45) is 17.6 Å². The predicted octanol–water partition coefficient (Wildman–Crippen LogP) is 2.94. The Hall–Kier alpha value is -0.0400. The first-order valence-electron chi connectivity index (χ1n) is 5.56. The molecule has 1 unspecified atom stereocenters. The molecule has 2 N–H and O–H groups in total. The highest BCUT2D eigenvalue weighted by molar-refractivity contribution is 4.71. The highest BCUT2D eigenvalue weighted by atomic mass is 14.5. The van der Waals surface area contributed by atoms with Gasteiger partial charge in [0.2, 0.25) is 0 Å². The molecule has 72 valence electrons. The molecular formula is C11H23N. The van der Waals surface area contributed by atoms with Gasteiger partial charge in [0.25, 0.3) is 0 Å². The van der Waals surface area contributed by atoms with Crippen LogP contribution in [0.4, 0.5) is 0 Å². The second kappa shape index (κ2) is 5.58. The van der Waals surface area contributed by atoms with E-state index in [4.69, 9.17) is 5.73 Å². The van der Waals surface area contributed by atoms with E-state index in [9.17, 15) is 0 Å². The quantitative estimate of drug-likeness (QED) is 0.673. The summed E-state index contributed by atoms with van der Waals surface area (Å²) < 4.78 is 0. The van der Waals surface area contributed by atoms with Gasteiger partial charge in [-0.1, -0.05) is 39.0 Å². The van der Waals surface area contributed by atoms with Gasteiger partial charge in [-0.3, -0.25) is 0 Å². The first-order chi connectivity index (χ1) is 5.86. The lowest BCUT2D eigenvalue weighted by Gasteiger charge is -2.17. The van der Waals surface area contributed by atoms with Crippen molar-refractivity contribution in [3.63, 3.8) is 0 Å². The van der Waals surface area contributed by atoms with Gasteiger partial charge in [0.15, 0.2) is 0 Å². The second-order valence-corrected chi connectivity index (χ2v) is 4.28. The van der Waals surface area contributed by atoms with Gasteiger partial charge in [-0.25, -0.2) is 0 Å². The molecule has 12 heavy (non-hydrogen) atoms. The standard InChI is InChI=1S/C11H23N/c1-2-5-11(9-12)8-10-6-3-4-7-10/h10-11H,2-9,12H2,1H3. The van der Waals surface area contributed by atoms with Gasteiger partial charge in [0.1, 0.15) is 0 Å². The van der Waals surface area contributed by atoms with E-state index in [1.807, 2.05) is 0 Å². The number of nitrogens with two attached hydrogens (primary N) is 1. The Morgan fingerprint density at radius 2 is 2.00 bits per heavy atom. The van der Waals surface area contributed by atoms with Crippen LogP contribution in [-0.4, -0.2) is 6.54 Å². The summed E-state index contributed by atoms with van der Waals surface area (Å²) in [5.41, 5.74) is 5.74. The van der Waals surface area contributed by atoms with E-state index in [2.05, 4.69) is 6.92 Å². The van der Waals surface area contributed by atoms with E-state index >= 15 is 0 Å². The fraction of sp³-hybridized carbons (Fsp3) is 1.00. The van der Waals surface area contributed by atoms with Crippen LogP contribution in [-0.2, 0) is 0 Å². The minimum absolute atomic E-state index is 0.818. The van der Waals surface area contributed by atoms with Crippen LogP contribution in [0.1, 0.15) is 51.9 Å². The molecule has 0 aliphatic heterocycles. The summed E-state index contributed by atoms with van der Waals surface area (Å²) in [5.74, 6) is 1.84. The van der Waals surface area contributed by atoms with Crippen LogP contribution in [0.15, 0.2) is 0 Å². The van der Waals surface area contributed by atoms with E-state index < -0.39 is 0 Å². The van der Waals surface area contributed by atoms with Gasteiger partial charge in [0, 0.05) is 0 Å². The van der Waals surface area contributed by atoms with Crippen molar-refractivity contribution in [1.82, 2.24) is 0 Å². The highest BCUT2D eigenvalue weighted by Crippen LogP contribution is 2.31. The fourth-order valence-electron chi connectivity index (χ4n) is 2.46. The van der Waals surface area contributed by atoms with Crippen LogP contribution in [0, 0.1) is 11.8 Å². The molecule has 0 amide bonds. The zero-order valence-electron chi connectivity index (χ0n) is 8.39. The van der Waals surface area contributed by atoms with Gasteiger partial charge in [-0.15, -0.1) is 0 Å². The molecule has 0 aromatic carbocycles. The van der Waals surface area contributed by atoms with Crippen LogP contribution in [0.3, 0.4) is 0 Å². The molecule has 0 aromatic heterocycles. The van der Waals surface area contributed by atoms with Gasteiger partial charge in [-0.05, 0) is 31.2 Å². The van der Waals surface area contributed by atoms with Crippen molar-refractivity contribution in [1.29, 1.82) is 0 Å². The Kier molecular flexibility index (Phi) is 4.67. The number of hydrogen-bond donors (Lipinski definition) is 1. The molecule has 0 heterocycles. The average molecular weight is 169 g/mol. The second-order valence-electron chi connectivity index (χ2n) is 4.28. The summed E-state index contributed by atoms with van der Waals surface area (Å²) in [4.78, 5) is 0. The molecule has 0 aromatic rings. The summed E-state index contributed by atoms with van der Waals surface area (Å²) in [5, 5.41) is 0. The Morgan fingerprint density at radius 1 is 1.33 bits per heavy atom. The van der Waals surface area contributed by atoms with Gasteiger partial charge in [-0.2, -0.15) is 0 Å². The van der Waals surface area contributed by atoms with Gasteiger partial charge in [0.05, 0.1) is 0 Å². The van der Waals surface area contributed by atoms with Crippen molar-refractivity contribution in [3.8, 4) is 0 Å². The van der Waals surface area contributed by atoms with Gasteiger partial charge < -0.3 is 5.73 Å². The van der Waals surface area contributed by atoms with E-state index in [0.29, 0.717) is 0 Å². The maximum atomic E-state index is 5.74. The predicted molar refractivity (Wildman–Crippen MR) is 54.0 cm³/mol. The summed E-state index contributed by atoms with van der Waals surface area (Å²) in [6.07, 6.45) is 9.93. The molecule has 1 aliphatic rings. The van der Waals surface area contributed by atoms with E-state index in [-0.39, 0.29) is 0 Å². The lowest BCUT2D eigenvalue weighted by molar-refractivity contribution is 0.361. The molecule has 0 bridgehead atoms. The fourth-order valence-corrected chi connectivity index (χ4v) is 2.46. The third-order valence-corrected chi connectivity index (χ3v) is 3.17. The van der Waals surface area contributed by atoms with Crippen LogP contribution in [0.2, 0.25) is 0 Å². The first kappa shape index (κ1) is 10.0. The monoisotopic (exact) mass is 169 g/mol. The highest BCUT2D eigenvalue weighted by Gasteiger charge is 2.18. The van der Waals surface area contributed by atoms with E-state index in [1.165, 1.54) is 44.9 Å². The Bertz CT molecular complexity index is 106. The molecule has 1 nitrogen and oxygen atoms in total. The third-order valence-electron chi connectivity index (χ3n) is 3.17. The Morgan fingerprint density at radius 3 is 2.50 bits per heavy atom. The summed E-state index contributed by atoms with van der Waals surface area (Å²) >= 11 is 0. The van der Waals surface area contributed by atoms with Crippen LogP contribution < -0.4 is 5.73 Å². The zero-order chi connectivity index (χ0) is 8.81. The summed E-state index contributed by atoms with van der Waals surface area (Å²) in [6.45, 7) is 3.17. The molecule has 1 saturated carbocycles. The lowest BCUT2D eigenvalue weighted by atomic mass is 9.90. The van der Waals surface area contributed by atoms with Gasteiger partial charge >= 0.3 is 0 Å². The smallest absolute Gasteiger partial charge is 0.00488 e. The molecule has 0 saturated heterocycles. The summed E-state index contributed by atoms with van der Waals surface area (Å²) in [6, 6.07) is 0. The van der Waals surface area contributed by atoms with Crippen LogP contribution >= 0.6 is 0 Å². The van der Waals surface area contributed by atoms with E-state index in [0.717, 1.165) is 18.4 Å². The largest absolute Gasteiger partial charge is 0.330 e. The zero-order valence-corrected chi connectivity index (χ0v) is 8.39. The maximum Gasteiger partial charge on any atom is -0.00488 e. The molecular weight excluding hydrogens is 146 g/mol. The Labute approximate surface area is 76.7 Å². The number of hydrogen-bond acceptors (Lipinski definition) is 1. The SMILES string of the molecule is CCCC(CN)CC1CCCC1. The topological polar surface area (TPSA) is 26.0 Å². The summed E-state index contributed by atoms with van der Waals surface area (Å²) in [7, 11) is 0. The van der Waals surface area contributed by atoms with Crippen LogP contribution in [0.25, 0.3) is 0 Å². The van der Waals surface area contributed by atoms with Crippen molar-refractivity contribution in [3.05, 3.63) is 0 Å². The minimum atomic E-state index is 0.818.